The summed E-state index contributed by atoms with van der Waals surface area (Å²) in [5, 5.41) is 14.5. The van der Waals surface area contributed by atoms with Crippen LogP contribution >= 0.6 is 15.9 Å². The Balaban J connectivity index is 2.13. The number of hydrogen-bond donors (Lipinski definition) is 1. The van der Waals surface area contributed by atoms with E-state index in [9.17, 15) is 5.11 Å². The first-order valence-electron chi connectivity index (χ1n) is 5.61. The molecule has 18 heavy (non-hydrogen) atoms. The summed E-state index contributed by atoms with van der Waals surface area (Å²) >= 11 is 3.40. The van der Waals surface area contributed by atoms with Crippen molar-refractivity contribution in [3.63, 3.8) is 0 Å². The minimum absolute atomic E-state index is 0.416. The Labute approximate surface area is 114 Å². The highest BCUT2D eigenvalue weighted by Crippen LogP contribution is 2.21. The minimum Gasteiger partial charge on any atom is -0.497 e. The number of benzene rings is 1. The van der Waals surface area contributed by atoms with Gasteiger partial charge in [-0.25, -0.2) is 0 Å². The van der Waals surface area contributed by atoms with Crippen molar-refractivity contribution >= 4 is 15.9 Å². The summed E-state index contributed by atoms with van der Waals surface area (Å²) in [6.07, 6.45) is 1.25. The van der Waals surface area contributed by atoms with Crippen molar-refractivity contribution in [2.24, 2.45) is 0 Å². The van der Waals surface area contributed by atoms with Gasteiger partial charge < -0.3 is 9.84 Å². The number of hydrogen-bond acceptors (Lipinski definition) is 3. The van der Waals surface area contributed by atoms with Gasteiger partial charge in [-0.05, 0) is 40.5 Å². The van der Waals surface area contributed by atoms with E-state index in [1.807, 2.05) is 37.4 Å². The molecule has 0 saturated carbocycles. The van der Waals surface area contributed by atoms with Gasteiger partial charge in [-0.3, -0.25) is 4.68 Å². The lowest BCUT2D eigenvalue weighted by molar-refractivity contribution is 0.151. The van der Waals surface area contributed by atoms with Crippen LogP contribution in [0.4, 0.5) is 0 Å². The molecule has 1 N–H and O–H groups in total. The molecule has 4 nitrogen and oxygen atoms in total. The van der Waals surface area contributed by atoms with E-state index >= 15 is 0 Å². The number of nitrogens with zero attached hydrogens (tertiary/aromatic N) is 2. The van der Waals surface area contributed by atoms with Crippen molar-refractivity contribution in [1.29, 1.82) is 0 Å². The molecule has 0 aliphatic heterocycles. The number of ether oxygens (including phenoxy) is 1. The summed E-state index contributed by atoms with van der Waals surface area (Å²) in [6, 6.07) is 7.42. The highest BCUT2D eigenvalue weighted by molar-refractivity contribution is 9.10. The van der Waals surface area contributed by atoms with E-state index < -0.39 is 6.10 Å². The average molecular weight is 311 g/mol. The SMILES string of the molecule is COc1cccc(C(O)Cn2cc(Br)c(C)n2)c1. The zero-order valence-corrected chi connectivity index (χ0v) is 11.9. The molecule has 2 rings (SSSR count). The standard InChI is InChI=1S/C13H15BrN2O2/c1-9-12(14)7-16(15-9)8-13(17)10-4-3-5-11(6-10)18-2/h3-7,13,17H,8H2,1-2H3. The fraction of sp³-hybridized carbons (Fsp3) is 0.308. The fourth-order valence-corrected chi connectivity index (χ4v) is 2.03. The highest BCUT2D eigenvalue weighted by atomic mass is 79.9. The average Bonchev–Trinajstić information content (AvgIpc) is 2.68. The van der Waals surface area contributed by atoms with Gasteiger partial charge >= 0.3 is 0 Å². The molecule has 0 spiro atoms. The van der Waals surface area contributed by atoms with Crippen LogP contribution in [0.2, 0.25) is 0 Å². The molecular weight excluding hydrogens is 296 g/mol. The number of aliphatic hydroxyl groups excluding tert-OH is 1. The number of aromatic nitrogens is 2. The molecule has 1 atom stereocenters. The van der Waals surface area contributed by atoms with Crippen LogP contribution in [0.1, 0.15) is 17.4 Å². The quantitative estimate of drug-likeness (QED) is 0.944. The van der Waals surface area contributed by atoms with Crippen LogP contribution < -0.4 is 4.74 Å². The molecule has 1 aromatic carbocycles. The smallest absolute Gasteiger partial charge is 0.119 e. The predicted molar refractivity (Wildman–Crippen MR) is 72.6 cm³/mol. The molecule has 2 aromatic rings. The fourth-order valence-electron chi connectivity index (χ4n) is 1.72. The first-order valence-corrected chi connectivity index (χ1v) is 6.41. The van der Waals surface area contributed by atoms with E-state index in [0.717, 1.165) is 21.5 Å². The van der Waals surface area contributed by atoms with Crippen LogP contribution in [-0.4, -0.2) is 22.0 Å². The van der Waals surface area contributed by atoms with Gasteiger partial charge in [0.2, 0.25) is 0 Å². The molecule has 0 aliphatic rings. The van der Waals surface area contributed by atoms with Crippen molar-refractivity contribution in [1.82, 2.24) is 9.78 Å². The summed E-state index contributed by atoms with van der Waals surface area (Å²) < 4.78 is 7.81. The minimum atomic E-state index is -0.605. The topological polar surface area (TPSA) is 47.3 Å². The third-order valence-electron chi connectivity index (χ3n) is 2.73. The van der Waals surface area contributed by atoms with Crippen LogP contribution in [0.3, 0.4) is 0 Å². The van der Waals surface area contributed by atoms with Crippen molar-refractivity contribution in [3.8, 4) is 5.75 Å². The van der Waals surface area contributed by atoms with Crippen molar-refractivity contribution in [2.45, 2.75) is 19.6 Å². The molecule has 0 aliphatic carbocycles. The molecule has 0 fully saturated rings. The van der Waals surface area contributed by atoms with Gasteiger partial charge in [0.1, 0.15) is 5.75 Å². The lowest BCUT2D eigenvalue weighted by Crippen LogP contribution is -2.09. The second kappa shape index (κ2) is 5.54. The number of aliphatic hydroxyl groups is 1. The van der Waals surface area contributed by atoms with Crippen molar-refractivity contribution in [3.05, 3.63) is 46.2 Å². The number of halogens is 1. The van der Waals surface area contributed by atoms with E-state index in [4.69, 9.17) is 4.74 Å². The lowest BCUT2D eigenvalue weighted by Gasteiger charge is -2.12. The summed E-state index contributed by atoms with van der Waals surface area (Å²) in [7, 11) is 1.61. The van der Waals surface area contributed by atoms with Gasteiger partial charge in [0.05, 0.1) is 29.9 Å². The van der Waals surface area contributed by atoms with Gasteiger partial charge in [0.25, 0.3) is 0 Å². The summed E-state index contributed by atoms with van der Waals surface area (Å²) in [5.41, 5.74) is 1.73. The van der Waals surface area contributed by atoms with E-state index in [1.165, 1.54) is 0 Å². The first kappa shape index (κ1) is 13.1. The third kappa shape index (κ3) is 2.91. The van der Waals surface area contributed by atoms with Crippen LogP contribution in [0.25, 0.3) is 0 Å². The van der Waals surface area contributed by atoms with E-state index in [1.54, 1.807) is 11.8 Å². The molecule has 1 aromatic heterocycles. The number of aryl methyl sites for hydroxylation is 1. The zero-order valence-electron chi connectivity index (χ0n) is 10.3. The maximum absolute atomic E-state index is 10.2. The third-order valence-corrected chi connectivity index (χ3v) is 3.50. The van der Waals surface area contributed by atoms with Crippen molar-refractivity contribution < 1.29 is 9.84 Å². The van der Waals surface area contributed by atoms with Gasteiger partial charge in [0.15, 0.2) is 0 Å². The molecule has 0 bridgehead atoms. The van der Waals surface area contributed by atoms with Crippen LogP contribution in [0.5, 0.6) is 5.75 Å². The second-order valence-electron chi connectivity index (χ2n) is 4.08. The van der Waals surface area contributed by atoms with E-state index in [2.05, 4.69) is 21.0 Å². The molecule has 1 unspecified atom stereocenters. The Hall–Kier alpha value is -1.33. The molecule has 1 heterocycles. The molecule has 0 saturated heterocycles. The Kier molecular flexibility index (Phi) is 4.04. The van der Waals surface area contributed by atoms with Crippen LogP contribution in [0, 0.1) is 6.92 Å². The van der Waals surface area contributed by atoms with Gasteiger partial charge in [-0.15, -0.1) is 0 Å². The number of rotatable bonds is 4. The normalized spacial score (nSPS) is 12.4. The van der Waals surface area contributed by atoms with Crippen LogP contribution in [0.15, 0.2) is 34.9 Å². The maximum atomic E-state index is 10.2. The van der Waals surface area contributed by atoms with E-state index in [-0.39, 0.29) is 0 Å². The van der Waals surface area contributed by atoms with Crippen molar-refractivity contribution in [2.75, 3.05) is 7.11 Å². The summed E-state index contributed by atoms with van der Waals surface area (Å²) in [5.74, 6) is 0.740. The summed E-state index contributed by atoms with van der Waals surface area (Å²) in [6.45, 7) is 2.33. The highest BCUT2D eigenvalue weighted by Gasteiger charge is 2.11. The molecule has 0 amide bonds. The zero-order chi connectivity index (χ0) is 13.1. The molecule has 0 radical (unpaired) electrons. The first-order chi connectivity index (χ1) is 8.60. The maximum Gasteiger partial charge on any atom is 0.119 e. The molecule has 96 valence electrons. The summed E-state index contributed by atoms with van der Waals surface area (Å²) in [4.78, 5) is 0. The van der Waals surface area contributed by atoms with Gasteiger partial charge in [-0.2, -0.15) is 5.10 Å². The molecule has 5 heteroatoms. The van der Waals surface area contributed by atoms with Gasteiger partial charge in [0, 0.05) is 6.20 Å². The second-order valence-corrected chi connectivity index (χ2v) is 4.93. The Morgan fingerprint density at radius 3 is 2.89 bits per heavy atom. The predicted octanol–water partition coefficient (Wildman–Crippen LogP) is 2.70. The Morgan fingerprint density at radius 2 is 2.28 bits per heavy atom. The van der Waals surface area contributed by atoms with Gasteiger partial charge in [-0.1, -0.05) is 12.1 Å². The largest absolute Gasteiger partial charge is 0.497 e. The Morgan fingerprint density at radius 1 is 1.50 bits per heavy atom. The number of methoxy groups -OCH3 is 1. The van der Waals surface area contributed by atoms with Crippen LogP contribution in [-0.2, 0) is 6.54 Å². The molecular formula is C13H15BrN2O2. The Bertz CT molecular complexity index is 520. The monoisotopic (exact) mass is 310 g/mol. The lowest BCUT2D eigenvalue weighted by atomic mass is 10.1. The van der Waals surface area contributed by atoms with E-state index in [0.29, 0.717) is 6.54 Å².